The first-order valence-corrected chi connectivity index (χ1v) is 12.9. The third kappa shape index (κ3) is 10.8. The maximum Gasteiger partial charge on any atom is 0.338 e. The van der Waals surface area contributed by atoms with Crippen molar-refractivity contribution in [3.63, 3.8) is 0 Å². The van der Waals surface area contributed by atoms with Crippen LogP contribution in [-0.2, 0) is 33.3 Å². The summed E-state index contributed by atoms with van der Waals surface area (Å²) in [5.74, 6) is -1.92. The molecule has 0 N–H and O–H groups in total. The quantitative estimate of drug-likeness (QED) is 0.147. The number of ether oxygens (including phenoxy) is 4. The number of esters is 4. The van der Waals surface area contributed by atoms with Gasteiger partial charge in [-0.2, -0.15) is 0 Å². The lowest BCUT2D eigenvalue weighted by molar-refractivity contribution is -0.148. The Morgan fingerprint density at radius 2 is 1.67 bits per heavy atom. The number of benzene rings is 1. The Hall–Kier alpha value is -3.94. The van der Waals surface area contributed by atoms with E-state index in [1.54, 1.807) is 36.4 Å². The molecule has 8 heteroatoms. The van der Waals surface area contributed by atoms with E-state index in [1.165, 1.54) is 13.8 Å². The summed E-state index contributed by atoms with van der Waals surface area (Å²) in [5, 5.41) is 0. The minimum Gasteiger partial charge on any atom is -0.458 e. The van der Waals surface area contributed by atoms with Crippen molar-refractivity contribution in [2.45, 2.75) is 79.1 Å². The lowest BCUT2D eigenvalue weighted by atomic mass is 10.0. The Bertz CT molecular complexity index is 1150. The van der Waals surface area contributed by atoms with Crippen molar-refractivity contribution >= 4 is 23.9 Å². The molecule has 1 heterocycles. The summed E-state index contributed by atoms with van der Waals surface area (Å²) in [7, 11) is 0. The highest BCUT2D eigenvalue weighted by Crippen LogP contribution is 2.28. The number of carbonyl (C=O) groups excluding carboxylic acids is 4. The molecule has 1 fully saturated rings. The smallest absolute Gasteiger partial charge is 0.338 e. The van der Waals surface area contributed by atoms with E-state index in [4.69, 9.17) is 18.9 Å². The van der Waals surface area contributed by atoms with Crippen LogP contribution in [0.25, 0.3) is 0 Å². The van der Waals surface area contributed by atoms with Gasteiger partial charge in [0.1, 0.15) is 12.7 Å². The van der Waals surface area contributed by atoms with Gasteiger partial charge < -0.3 is 18.9 Å². The van der Waals surface area contributed by atoms with Crippen LogP contribution in [0.2, 0.25) is 0 Å². The van der Waals surface area contributed by atoms with Crippen molar-refractivity contribution in [2.75, 3.05) is 6.61 Å². The third-order valence-corrected chi connectivity index (χ3v) is 5.90. The Labute approximate surface area is 230 Å². The highest BCUT2D eigenvalue weighted by molar-refractivity contribution is 5.93. The van der Waals surface area contributed by atoms with E-state index < -0.39 is 36.2 Å². The number of hydrogen-bond donors (Lipinski definition) is 0. The van der Waals surface area contributed by atoms with Gasteiger partial charge >= 0.3 is 23.9 Å². The Morgan fingerprint density at radius 3 is 2.28 bits per heavy atom. The van der Waals surface area contributed by atoms with Gasteiger partial charge in [0.05, 0.1) is 11.1 Å². The average molecular weight is 539 g/mol. The van der Waals surface area contributed by atoms with Crippen molar-refractivity contribution in [3.8, 4) is 0 Å². The van der Waals surface area contributed by atoms with Crippen molar-refractivity contribution in [3.05, 3.63) is 82.5 Å². The molecule has 0 amide bonds. The van der Waals surface area contributed by atoms with E-state index in [1.807, 2.05) is 45.9 Å². The molecule has 0 saturated carbocycles. The van der Waals surface area contributed by atoms with Gasteiger partial charge in [-0.1, -0.05) is 41.5 Å². The van der Waals surface area contributed by atoms with Gasteiger partial charge in [-0.25, -0.2) is 9.59 Å². The van der Waals surface area contributed by atoms with Crippen LogP contribution in [0.15, 0.2) is 76.9 Å². The monoisotopic (exact) mass is 538 g/mol. The topological polar surface area (TPSA) is 105 Å². The Balaban J connectivity index is 2.02. The molecular weight excluding hydrogens is 500 g/mol. The summed E-state index contributed by atoms with van der Waals surface area (Å²) in [6, 6.07) is 8.81. The maximum absolute atomic E-state index is 12.5. The van der Waals surface area contributed by atoms with Gasteiger partial charge in [0.15, 0.2) is 12.2 Å². The highest BCUT2D eigenvalue weighted by Gasteiger charge is 2.41. The minimum absolute atomic E-state index is 0.180. The summed E-state index contributed by atoms with van der Waals surface area (Å²) in [6.45, 7) is 10.3. The van der Waals surface area contributed by atoms with Gasteiger partial charge in [-0.15, -0.1) is 0 Å². The van der Waals surface area contributed by atoms with Gasteiger partial charge in [0, 0.05) is 20.3 Å². The molecule has 0 spiro atoms. The van der Waals surface area contributed by atoms with E-state index in [0.717, 1.165) is 23.1 Å². The van der Waals surface area contributed by atoms with Crippen LogP contribution < -0.4 is 0 Å². The molecule has 39 heavy (non-hydrogen) atoms. The molecule has 8 nitrogen and oxygen atoms in total. The van der Waals surface area contributed by atoms with Crippen LogP contribution >= 0.6 is 0 Å². The number of cyclic esters (lactones) is 1. The average Bonchev–Trinajstić information content (AvgIpc) is 3.14. The molecule has 210 valence electrons. The molecule has 1 aromatic carbocycles. The van der Waals surface area contributed by atoms with Crippen LogP contribution in [0, 0.1) is 0 Å². The maximum atomic E-state index is 12.5. The van der Waals surface area contributed by atoms with Crippen molar-refractivity contribution < 1.29 is 38.1 Å². The summed E-state index contributed by atoms with van der Waals surface area (Å²) < 4.78 is 21.6. The first-order chi connectivity index (χ1) is 18.5. The summed E-state index contributed by atoms with van der Waals surface area (Å²) in [5.41, 5.74) is 3.52. The molecule has 0 aliphatic carbocycles. The van der Waals surface area contributed by atoms with Crippen LogP contribution in [0.4, 0.5) is 0 Å². The molecule has 0 aromatic heterocycles. The molecule has 0 bridgehead atoms. The highest BCUT2D eigenvalue weighted by atomic mass is 16.6. The number of carbonyl (C=O) groups is 4. The summed E-state index contributed by atoms with van der Waals surface area (Å²) in [6.07, 6.45) is 6.64. The summed E-state index contributed by atoms with van der Waals surface area (Å²) >= 11 is 0. The van der Waals surface area contributed by atoms with E-state index in [2.05, 4.69) is 0 Å². The molecule has 1 saturated heterocycles. The Morgan fingerprint density at radius 1 is 0.974 bits per heavy atom. The molecule has 0 radical (unpaired) electrons. The first kappa shape index (κ1) is 31.3. The van der Waals surface area contributed by atoms with Gasteiger partial charge in [-0.3, -0.25) is 9.59 Å². The van der Waals surface area contributed by atoms with Crippen molar-refractivity contribution in [2.24, 2.45) is 0 Å². The van der Waals surface area contributed by atoms with Crippen molar-refractivity contribution in [1.82, 2.24) is 0 Å². The fourth-order valence-corrected chi connectivity index (χ4v) is 3.94. The predicted octanol–water partition coefficient (Wildman–Crippen LogP) is 5.59. The zero-order chi connectivity index (χ0) is 28.9. The second-order valence-corrected chi connectivity index (χ2v) is 9.64. The lowest BCUT2D eigenvalue weighted by Crippen LogP contribution is -2.26. The van der Waals surface area contributed by atoms with E-state index >= 15 is 0 Å². The molecule has 0 unspecified atom stereocenters. The predicted molar refractivity (Wildman–Crippen MR) is 147 cm³/mol. The minimum atomic E-state index is -0.865. The molecule has 1 aliphatic heterocycles. The van der Waals surface area contributed by atoms with Gasteiger partial charge in [0.25, 0.3) is 0 Å². The third-order valence-electron chi connectivity index (χ3n) is 5.90. The molecular formula is C31H38O8. The first-order valence-electron chi connectivity index (χ1n) is 12.9. The SMILES string of the molecule is CC(=O)O[C@H](CC=C1C(=O)O[C@H](C=C(C)C)[C@H]1OC(C)=O)C(C)=CCCC(C)=CCOC(=O)c1ccccc1. The van der Waals surface area contributed by atoms with Crippen molar-refractivity contribution in [1.29, 1.82) is 0 Å². The second kappa shape index (κ2) is 15.5. The molecule has 1 aromatic rings. The standard InChI is InChI=1S/C31H38O8/c1-20(2)19-28-29(38-24(6)33)26(31(35)39-28)15-16-27(37-23(5)32)22(4)12-10-11-21(3)17-18-36-30(34)25-13-8-7-9-14-25/h7-9,12-15,17,19,27-29H,10-11,16,18H2,1-6H3/t27-,28-,29+/m1/s1. The number of rotatable bonds is 12. The van der Waals surface area contributed by atoms with Crippen LogP contribution in [0.3, 0.4) is 0 Å². The van der Waals surface area contributed by atoms with Crippen LogP contribution in [0.1, 0.15) is 71.2 Å². The zero-order valence-corrected chi connectivity index (χ0v) is 23.5. The van der Waals surface area contributed by atoms with E-state index in [0.29, 0.717) is 12.0 Å². The second-order valence-electron chi connectivity index (χ2n) is 9.64. The van der Waals surface area contributed by atoms with E-state index in [9.17, 15) is 19.2 Å². The van der Waals surface area contributed by atoms with Gasteiger partial charge in [0.2, 0.25) is 0 Å². The zero-order valence-electron chi connectivity index (χ0n) is 23.5. The Kier molecular flexibility index (Phi) is 12.4. The largest absolute Gasteiger partial charge is 0.458 e. The normalized spacial score (nSPS) is 19.2. The van der Waals surface area contributed by atoms with Crippen LogP contribution in [-0.4, -0.2) is 48.8 Å². The number of hydrogen-bond acceptors (Lipinski definition) is 8. The molecule has 3 atom stereocenters. The lowest BCUT2D eigenvalue weighted by Gasteiger charge is -2.18. The molecule has 2 rings (SSSR count). The van der Waals surface area contributed by atoms with Crippen LogP contribution in [0.5, 0.6) is 0 Å². The fourth-order valence-electron chi connectivity index (χ4n) is 3.94. The summed E-state index contributed by atoms with van der Waals surface area (Å²) in [4.78, 5) is 48.0. The van der Waals surface area contributed by atoms with Gasteiger partial charge in [-0.05, 0) is 70.4 Å². The molecule has 1 aliphatic rings. The van der Waals surface area contributed by atoms with E-state index in [-0.39, 0.29) is 24.6 Å². The number of allylic oxidation sites excluding steroid dienone is 3. The fraction of sp³-hybridized carbons (Fsp3) is 0.419.